The summed E-state index contributed by atoms with van der Waals surface area (Å²) in [5, 5.41) is 4.17. The lowest BCUT2D eigenvalue weighted by Crippen LogP contribution is -2.48. The largest absolute Gasteiger partial charge is 0.310 e. The second-order valence-corrected chi connectivity index (χ2v) is 7.34. The van der Waals surface area contributed by atoms with E-state index in [1.54, 1.807) is 0 Å². The van der Waals surface area contributed by atoms with Crippen LogP contribution in [-0.4, -0.2) is 27.3 Å². The van der Waals surface area contributed by atoms with Crippen molar-refractivity contribution in [1.29, 1.82) is 0 Å². The Morgan fingerprint density at radius 3 is 2.56 bits per heavy atom. The maximum Gasteiger partial charge on any atom is 0.0501 e. The molecule has 0 bridgehead atoms. The molecule has 2 aliphatic rings. The molecule has 94 valence electrons. The van der Waals surface area contributed by atoms with E-state index in [1.807, 2.05) is 6.92 Å². The van der Waals surface area contributed by atoms with Gasteiger partial charge in [-0.3, -0.25) is 4.21 Å². The molecule has 0 radical (unpaired) electrons. The van der Waals surface area contributed by atoms with E-state index in [0.717, 1.165) is 18.1 Å². The summed E-state index contributed by atoms with van der Waals surface area (Å²) in [6.07, 6.45) is 7.76. The van der Waals surface area contributed by atoms with Crippen molar-refractivity contribution in [1.82, 2.24) is 5.32 Å². The summed E-state index contributed by atoms with van der Waals surface area (Å²) >= 11 is 0. The molecule has 4 atom stereocenters. The summed E-state index contributed by atoms with van der Waals surface area (Å²) in [6, 6.07) is 1.16. The molecule has 0 aromatic rings. The normalized spacial score (nSPS) is 34.6. The SMILES string of the molecule is CCS(=O)C1CCCCC1NC(C)C1CC1. The van der Waals surface area contributed by atoms with Gasteiger partial charge in [-0.1, -0.05) is 19.8 Å². The fourth-order valence-corrected chi connectivity index (χ4v) is 4.33. The van der Waals surface area contributed by atoms with Crippen LogP contribution in [0, 0.1) is 5.92 Å². The molecule has 0 saturated heterocycles. The van der Waals surface area contributed by atoms with Crippen molar-refractivity contribution in [2.45, 2.75) is 69.7 Å². The van der Waals surface area contributed by atoms with Gasteiger partial charge in [0.1, 0.15) is 0 Å². The lowest BCUT2D eigenvalue weighted by molar-refractivity contribution is 0.335. The highest BCUT2D eigenvalue weighted by atomic mass is 32.2. The van der Waals surface area contributed by atoms with Crippen LogP contribution in [0.4, 0.5) is 0 Å². The Morgan fingerprint density at radius 2 is 1.94 bits per heavy atom. The molecule has 0 heterocycles. The van der Waals surface area contributed by atoms with Crippen molar-refractivity contribution in [3.05, 3.63) is 0 Å². The third-order valence-corrected chi connectivity index (χ3v) is 5.94. The Labute approximate surface area is 102 Å². The first-order chi connectivity index (χ1) is 7.72. The minimum absolute atomic E-state index is 0.417. The van der Waals surface area contributed by atoms with E-state index in [9.17, 15) is 4.21 Å². The third kappa shape index (κ3) is 3.07. The minimum Gasteiger partial charge on any atom is -0.310 e. The quantitative estimate of drug-likeness (QED) is 0.803. The second kappa shape index (κ2) is 5.63. The van der Waals surface area contributed by atoms with Crippen molar-refractivity contribution in [2.24, 2.45) is 5.92 Å². The van der Waals surface area contributed by atoms with Gasteiger partial charge in [-0.05, 0) is 38.5 Å². The molecule has 2 saturated carbocycles. The molecule has 2 aliphatic carbocycles. The van der Waals surface area contributed by atoms with Crippen LogP contribution in [0.15, 0.2) is 0 Å². The molecule has 0 amide bonds. The van der Waals surface area contributed by atoms with Crippen LogP contribution in [0.25, 0.3) is 0 Å². The Morgan fingerprint density at radius 1 is 1.25 bits per heavy atom. The Kier molecular flexibility index (Phi) is 4.42. The van der Waals surface area contributed by atoms with Crippen LogP contribution < -0.4 is 5.32 Å². The molecule has 4 unspecified atom stereocenters. The van der Waals surface area contributed by atoms with Gasteiger partial charge >= 0.3 is 0 Å². The summed E-state index contributed by atoms with van der Waals surface area (Å²) in [6.45, 7) is 4.35. The fourth-order valence-electron chi connectivity index (χ4n) is 2.89. The summed E-state index contributed by atoms with van der Waals surface area (Å²) in [4.78, 5) is 0. The first kappa shape index (κ1) is 12.6. The molecule has 0 spiro atoms. The molecule has 0 aromatic carbocycles. The van der Waals surface area contributed by atoms with E-state index in [-0.39, 0.29) is 0 Å². The maximum absolute atomic E-state index is 12.0. The van der Waals surface area contributed by atoms with Crippen molar-refractivity contribution >= 4 is 10.8 Å². The molecule has 1 N–H and O–H groups in total. The predicted molar refractivity (Wildman–Crippen MR) is 70.0 cm³/mol. The summed E-state index contributed by atoms with van der Waals surface area (Å²) in [5.41, 5.74) is 0. The van der Waals surface area contributed by atoms with E-state index >= 15 is 0 Å². The first-order valence-electron chi connectivity index (χ1n) is 6.85. The van der Waals surface area contributed by atoms with Crippen molar-refractivity contribution < 1.29 is 4.21 Å². The molecular formula is C13H25NOS. The Bertz CT molecular complexity index is 252. The summed E-state index contributed by atoms with van der Waals surface area (Å²) in [5.74, 6) is 1.72. The van der Waals surface area contributed by atoms with Crippen LogP contribution in [0.3, 0.4) is 0 Å². The first-order valence-corrected chi connectivity index (χ1v) is 8.23. The summed E-state index contributed by atoms with van der Waals surface area (Å²) < 4.78 is 12.0. The van der Waals surface area contributed by atoms with E-state index in [4.69, 9.17) is 0 Å². The van der Waals surface area contributed by atoms with Gasteiger partial charge in [0.15, 0.2) is 0 Å². The van der Waals surface area contributed by atoms with Gasteiger partial charge in [0.05, 0.1) is 5.25 Å². The van der Waals surface area contributed by atoms with Crippen molar-refractivity contribution in [2.75, 3.05) is 5.75 Å². The molecule has 16 heavy (non-hydrogen) atoms. The standard InChI is InChI=1S/C13H25NOS/c1-3-16(15)13-7-5-4-6-12(13)14-10(2)11-8-9-11/h10-14H,3-9H2,1-2H3. The minimum atomic E-state index is -0.615. The van der Waals surface area contributed by atoms with Gasteiger partial charge in [-0.15, -0.1) is 0 Å². The van der Waals surface area contributed by atoms with E-state index < -0.39 is 10.8 Å². The van der Waals surface area contributed by atoms with E-state index in [0.29, 0.717) is 17.3 Å². The van der Waals surface area contributed by atoms with Gasteiger partial charge in [0.25, 0.3) is 0 Å². The number of rotatable bonds is 5. The second-order valence-electron chi connectivity index (χ2n) is 5.39. The zero-order valence-electron chi connectivity index (χ0n) is 10.6. The van der Waals surface area contributed by atoms with Gasteiger partial charge in [-0.25, -0.2) is 0 Å². The molecule has 0 aromatic heterocycles. The maximum atomic E-state index is 12.0. The Hall–Kier alpha value is 0.110. The van der Waals surface area contributed by atoms with Gasteiger partial charge < -0.3 is 5.32 Å². The fraction of sp³-hybridized carbons (Fsp3) is 1.00. The smallest absolute Gasteiger partial charge is 0.0501 e. The Balaban J connectivity index is 1.90. The molecular weight excluding hydrogens is 218 g/mol. The topological polar surface area (TPSA) is 29.1 Å². The summed E-state index contributed by atoms with van der Waals surface area (Å²) in [7, 11) is -0.615. The number of hydrogen-bond acceptors (Lipinski definition) is 2. The monoisotopic (exact) mass is 243 g/mol. The van der Waals surface area contributed by atoms with Gasteiger partial charge in [0, 0.05) is 28.6 Å². The molecule has 2 nitrogen and oxygen atoms in total. The lowest BCUT2D eigenvalue weighted by Gasteiger charge is -2.33. The van der Waals surface area contributed by atoms with Crippen molar-refractivity contribution in [3.8, 4) is 0 Å². The molecule has 2 rings (SSSR count). The van der Waals surface area contributed by atoms with Crippen LogP contribution in [0.1, 0.15) is 52.4 Å². The molecule has 3 heteroatoms. The van der Waals surface area contributed by atoms with Gasteiger partial charge in [-0.2, -0.15) is 0 Å². The average molecular weight is 243 g/mol. The molecule has 0 aliphatic heterocycles. The highest BCUT2D eigenvalue weighted by molar-refractivity contribution is 7.85. The zero-order valence-corrected chi connectivity index (χ0v) is 11.4. The van der Waals surface area contributed by atoms with Crippen molar-refractivity contribution in [3.63, 3.8) is 0 Å². The molecule has 2 fully saturated rings. The van der Waals surface area contributed by atoms with Crippen LogP contribution in [0.2, 0.25) is 0 Å². The third-order valence-electron chi connectivity index (χ3n) is 4.13. The lowest BCUT2D eigenvalue weighted by atomic mass is 9.94. The highest BCUT2D eigenvalue weighted by Gasteiger charge is 2.34. The number of nitrogens with one attached hydrogen (secondary N) is 1. The number of hydrogen-bond donors (Lipinski definition) is 1. The van der Waals surface area contributed by atoms with Crippen LogP contribution in [0.5, 0.6) is 0 Å². The van der Waals surface area contributed by atoms with E-state index in [1.165, 1.54) is 32.1 Å². The van der Waals surface area contributed by atoms with Gasteiger partial charge in [0.2, 0.25) is 0 Å². The van der Waals surface area contributed by atoms with E-state index in [2.05, 4.69) is 12.2 Å². The van der Waals surface area contributed by atoms with Crippen LogP contribution >= 0.6 is 0 Å². The zero-order chi connectivity index (χ0) is 11.5. The van der Waals surface area contributed by atoms with Crippen LogP contribution in [-0.2, 0) is 10.8 Å². The predicted octanol–water partition coefficient (Wildman–Crippen LogP) is 2.45. The average Bonchev–Trinajstić information content (AvgIpc) is 3.12. The highest BCUT2D eigenvalue weighted by Crippen LogP contribution is 2.33.